The molecule has 1 aliphatic rings. The number of hydrogen-bond acceptors (Lipinski definition) is 2. The third-order valence-corrected chi connectivity index (χ3v) is 3.76. The van der Waals surface area contributed by atoms with Crippen LogP contribution in [0, 0.1) is 5.41 Å². The highest BCUT2D eigenvalue weighted by atomic mass is 79.9. The first-order valence-electron chi connectivity index (χ1n) is 5.89. The molecule has 0 saturated heterocycles. The highest BCUT2D eigenvalue weighted by molar-refractivity contribution is 9.10. The molecule has 3 nitrogen and oxygen atoms in total. The van der Waals surface area contributed by atoms with E-state index in [0.717, 1.165) is 17.4 Å². The van der Waals surface area contributed by atoms with Crippen LogP contribution in [0.4, 0.5) is 0 Å². The van der Waals surface area contributed by atoms with Crippen LogP contribution in [-0.2, 0) is 0 Å². The van der Waals surface area contributed by atoms with E-state index in [1.54, 1.807) is 18.3 Å². The van der Waals surface area contributed by atoms with Crippen molar-refractivity contribution in [1.29, 1.82) is 0 Å². The van der Waals surface area contributed by atoms with E-state index in [-0.39, 0.29) is 5.91 Å². The second kappa shape index (κ2) is 4.77. The predicted molar refractivity (Wildman–Crippen MR) is 70.8 cm³/mol. The Kier molecular flexibility index (Phi) is 3.52. The number of carbonyl (C=O) groups is 1. The molecule has 1 saturated carbocycles. The van der Waals surface area contributed by atoms with Gasteiger partial charge in [-0.15, -0.1) is 0 Å². The molecule has 17 heavy (non-hydrogen) atoms. The minimum Gasteiger partial charge on any atom is -0.349 e. The van der Waals surface area contributed by atoms with Crippen molar-refractivity contribution in [3.8, 4) is 0 Å². The van der Waals surface area contributed by atoms with Crippen LogP contribution in [0.25, 0.3) is 0 Å². The molecule has 0 radical (unpaired) electrons. The van der Waals surface area contributed by atoms with Crippen molar-refractivity contribution >= 4 is 21.8 Å². The third-order valence-electron chi connectivity index (χ3n) is 3.29. The van der Waals surface area contributed by atoms with Gasteiger partial charge < -0.3 is 5.32 Å². The Morgan fingerprint density at radius 1 is 1.53 bits per heavy atom. The molecule has 0 spiro atoms. The highest BCUT2D eigenvalue weighted by Gasteiger charge is 2.31. The van der Waals surface area contributed by atoms with Gasteiger partial charge in [0.15, 0.2) is 0 Å². The Hall–Kier alpha value is -0.900. The third kappa shape index (κ3) is 3.28. The predicted octanol–water partition coefficient (Wildman–Crippen LogP) is 3.15. The standard InChI is InChI=1S/C13H17BrN2O/c1-13(2)6-5-10(7-13)16-12(17)9-3-4-11(14)15-8-9/h3-4,8,10H,5-7H2,1-2H3,(H,16,17). The number of pyridine rings is 1. The average Bonchev–Trinajstić information content (AvgIpc) is 2.59. The van der Waals surface area contributed by atoms with Crippen LogP contribution >= 0.6 is 15.9 Å². The summed E-state index contributed by atoms with van der Waals surface area (Å²) in [5, 5.41) is 3.08. The zero-order valence-electron chi connectivity index (χ0n) is 10.2. The average molecular weight is 297 g/mol. The fraction of sp³-hybridized carbons (Fsp3) is 0.538. The van der Waals surface area contributed by atoms with Crippen molar-refractivity contribution < 1.29 is 4.79 Å². The smallest absolute Gasteiger partial charge is 0.253 e. The monoisotopic (exact) mass is 296 g/mol. The van der Waals surface area contributed by atoms with Gasteiger partial charge in [-0.3, -0.25) is 4.79 Å². The summed E-state index contributed by atoms with van der Waals surface area (Å²) in [4.78, 5) is 16.0. The van der Waals surface area contributed by atoms with Gasteiger partial charge in [0.1, 0.15) is 4.60 Å². The normalized spacial score (nSPS) is 22.4. The van der Waals surface area contributed by atoms with Crippen LogP contribution in [0.15, 0.2) is 22.9 Å². The lowest BCUT2D eigenvalue weighted by atomic mass is 9.92. The fourth-order valence-corrected chi connectivity index (χ4v) is 2.57. The van der Waals surface area contributed by atoms with E-state index < -0.39 is 0 Å². The molecule has 2 rings (SSSR count). The number of nitrogens with one attached hydrogen (secondary N) is 1. The molecule has 1 fully saturated rings. The molecule has 0 aliphatic heterocycles. The Balaban J connectivity index is 1.96. The summed E-state index contributed by atoms with van der Waals surface area (Å²) in [6, 6.07) is 3.88. The fourth-order valence-electron chi connectivity index (χ4n) is 2.34. The second-order valence-corrected chi connectivity index (χ2v) is 6.26. The van der Waals surface area contributed by atoms with E-state index in [1.165, 1.54) is 6.42 Å². The van der Waals surface area contributed by atoms with Crippen LogP contribution in [0.3, 0.4) is 0 Å². The Morgan fingerprint density at radius 2 is 2.29 bits per heavy atom. The molecule has 1 aliphatic carbocycles. The maximum Gasteiger partial charge on any atom is 0.253 e. The number of rotatable bonds is 2. The van der Waals surface area contributed by atoms with Gasteiger partial charge in [0.25, 0.3) is 5.91 Å². The summed E-state index contributed by atoms with van der Waals surface area (Å²) < 4.78 is 0.746. The lowest BCUT2D eigenvalue weighted by Gasteiger charge is -2.17. The summed E-state index contributed by atoms with van der Waals surface area (Å²) in [5.74, 6) is -0.0206. The van der Waals surface area contributed by atoms with Crippen LogP contribution in [-0.4, -0.2) is 16.9 Å². The number of aromatic nitrogens is 1. The Morgan fingerprint density at radius 3 is 2.82 bits per heavy atom. The molecule has 1 heterocycles. The number of hydrogen-bond donors (Lipinski definition) is 1. The number of carbonyl (C=O) groups excluding carboxylic acids is 1. The number of nitrogens with zero attached hydrogens (tertiary/aromatic N) is 1. The molecule has 0 bridgehead atoms. The molecule has 1 N–H and O–H groups in total. The molecule has 1 atom stereocenters. The van der Waals surface area contributed by atoms with Crippen molar-refractivity contribution in [1.82, 2.24) is 10.3 Å². The zero-order chi connectivity index (χ0) is 12.5. The first kappa shape index (κ1) is 12.6. The van der Waals surface area contributed by atoms with Crippen molar-refractivity contribution in [2.75, 3.05) is 0 Å². The van der Waals surface area contributed by atoms with Crippen LogP contribution in [0.5, 0.6) is 0 Å². The van der Waals surface area contributed by atoms with Gasteiger partial charge in [-0.25, -0.2) is 4.98 Å². The first-order valence-corrected chi connectivity index (χ1v) is 6.68. The van der Waals surface area contributed by atoms with Crippen LogP contribution in [0.1, 0.15) is 43.5 Å². The number of halogens is 1. The highest BCUT2D eigenvalue weighted by Crippen LogP contribution is 2.36. The van der Waals surface area contributed by atoms with Gasteiger partial charge in [0, 0.05) is 12.2 Å². The molecule has 1 aromatic rings. The van der Waals surface area contributed by atoms with E-state index in [9.17, 15) is 4.79 Å². The summed E-state index contributed by atoms with van der Waals surface area (Å²) in [7, 11) is 0. The zero-order valence-corrected chi connectivity index (χ0v) is 11.8. The molecule has 1 aromatic heterocycles. The molecule has 1 unspecified atom stereocenters. The molecule has 1 amide bonds. The van der Waals surface area contributed by atoms with E-state index >= 15 is 0 Å². The van der Waals surface area contributed by atoms with Crippen LogP contribution < -0.4 is 5.32 Å². The SMILES string of the molecule is CC1(C)CCC(NC(=O)c2ccc(Br)nc2)C1. The summed E-state index contributed by atoms with van der Waals surface area (Å²) in [6.45, 7) is 4.50. The van der Waals surface area contributed by atoms with Crippen LogP contribution in [0.2, 0.25) is 0 Å². The quantitative estimate of drug-likeness (QED) is 0.852. The van der Waals surface area contributed by atoms with E-state index in [0.29, 0.717) is 17.0 Å². The van der Waals surface area contributed by atoms with E-state index in [1.807, 2.05) is 0 Å². The molecular formula is C13H17BrN2O. The van der Waals surface area contributed by atoms with Gasteiger partial charge in [-0.1, -0.05) is 13.8 Å². The van der Waals surface area contributed by atoms with Gasteiger partial charge >= 0.3 is 0 Å². The summed E-state index contributed by atoms with van der Waals surface area (Å²) >= 11 is 3.25. The van der Waals surface area contributed by atoms with Gasteiger partial charge in [-0.2, -0.15) is 0 Å². The van der Waals surface area contributed by atoms with E-state index in [4.69, 9.17) is 0 Å². The minimum atomic E-state index is -0.0206. The Labute approximate surface area is 110 Å². The van der Waals surface area contributed by atoms with Gasteiger partial charge in [-0.05, 0) is 52.7 Å². The van der Waals surface area contributed by atoms with Crippen molar-refractivity contribution in [2.45, 2.75) is 39.2 Å². The van der Waals surface area contributed by atoms with Gasteiger partial charge in [0.05, 0.1) is 5.56 Å². The maximum atomic E-state index is 12.0. The summed E-state index contributed by atoms with van der Waals surface area (Å²) in [6.07, 6.45) is 4.90. The molecule has 0 aromatic carbocycles. The Bertz CT molecular complexity index is 414. The second-order valence-electron chi connectivity index (χ2n) is 5.45. The summed E-state index contributed by atoms with van der Waals surface area (Å²) in [5.41, 5.74) is 0.980. The first-order chi connectivity index (χ1) is 7.96. The number of amides is 1. The minimum absolute atomic E-state index is 0.0206. The lowest BCUT2D eigenvalue weighted by molar-refractivity contribution is 0.0935. The van der Waals surface area contributed by atoms with Gasteiger partial charge in [0.2, 0.25) is 0 Å². The largest absolute Gasteiger partial charge is 0.349 e. The van der Waals surface area contributed by atoms with Crippen molar-refractivity contribution in [3.63, 3.8) is 0 Å². The molecule has 4 heteroatoms. The lowest BCUT2D eigenvalue weighted by Crippen LogP contribution is -2.33. The van der Waals surface area contributed by atoms with Crippen molar-refractivity contribution in [2.24, 2.45) is 5.41 Å². The molecular weight excluding hydrogens is 280 g/mol. The molecule has 92 valence electrons. The topological polar surface area (TPSA) is 42.0 Å². The van der Waals surface area contributed by atoms with Crippen molar-refractivity contribution in [3.05, 3.63) is 28.5 Å². The van der Waals surface area contributed by atoms with E-state index in [2.05, 4.69) is 40.1 Å². The maximum absolute atomic E-state index is 12.0.